The fourth-order valence-electron chi connectivity index (χ4n) is 4.10. The van der Waals surface area contributed by atoms with Crippen LogP contribution in [0.5, 0.6) is 0 Å². The van der Waals surface area contributed by atoms with Gasteiger partial charge < -0.3 is 15.4 Å². The van der Waals surface area contributed by atoms with Gasteiger partial charge in [-0.25, -0.2) is 0 Å². The molecule has 2 aromatic rings. The zero-order chi connectivity index (χ0) is 22.1. The Morgan fingerprint density at radius 1 is 0.839 bits per heavy atom. The highest BCUT2D eigenvalue weighted by Gasteiger charge is 2.34. The second kappa shape index (κ2) is 11.1. The molecule has 5 nitrogen and oxygen atoms in total. The zero-order valence-electron chi connectivity index (χ0n) is 18.7. The van der Waals surface area contributed by atoms with Crippen molar-refractivity contribution in [2.24, 2.45) is 0 Å². The number of hydrogen-bond acceptors (Lipinski definition) is 3. The molecule has 5 heteroatoms. The van der Waals surface area contributed by atoms with Crippen LogP contribution in [0.25, 0.3) is 0 Å². The van der Waals surface area contributed by atoms with Crippen molar-refractivity contribution in [3.8, 4) is 0 Å². The van der Waals surface area contributed by atoms with Gasteiger partial charge in [0.1, 0.15) is 0 Å². The molecule has 0 atom stereocenters. The molecule has 0 aromatic heterocycles. The molecule has 1 heterocycles. The molecule has 2 aromatic carbocycles. The fraction of sp³-hybridized carbons (Fsp3) is 0.462. The van der Waals surface area contributed by atoms with Crippen molar-refractivity contribution in [3.05, 3.63) is 70.8 Å². The van der Waals surface area contributed by atoms with Crippen LogP contribution in [0.4, 0.5) is 0 Å². The Bertz CT molecular complexity index is 888. The summed E-state index contributed by atoms with van der Waals surface area (Å²) in [6.07, 6.45) is 3.74. The van der Waals surface area contributed by atoms with Crippen molar-refractivity contribution >= 4 is 11.8 Å². The van der Waals surface area contributed by atoms with E-state index < -0.39 is 5.54 Å². The number of amides is 2. The Labute approximate surface area is 185 Å². The van der Waals surface area contributed by atoms with Gasteiger partial charge in [0.15, 0.2) is 0 Å². The Hall–Kier alpha value is -2.66. The van der Waals surface area contributed by atoms with E-state index in [0.717, 1.165) is 6.42 Å². The maximum atomic E-state index is 12.7. The summed E-state index contributed by atoms with van der Waals surface area (Å²) in [5.41, 5.74) is 4.37. The van der Waals surface area contributed by atoms with E-state index in [1.165, 1.54) is 22.3 Å². The Morgan fingerprint density at radius 3 is 1.90 bits per heavy atom. The average molecular weight is 423 g/mol. The topological polar surface area (TPSA) is 67.4 Å². The molecule has 1 fully saturated rings. The summed E-state index contributed by atoms with van der Waals surface area (Å²) < 4.78 is 5.51. The van der Waals surface area contributed by atoms with Crippen LogP contribution in [0.3, 0.4) is 0 Å². The monoisotopic (exact) mass is 422 g/mol. The van der Waals surface area contributed by atoms with Crippen LogP contribution in [0, 0.1) is 13.8 Å². The Balaban J connectivity index is 1.51. The normalized spacial score (nSPS) is 15.3. The smallest absolute Gasteiger partial charge is 0.220 e. The van der Waals surface area contributed by atoms with Gasteiger partial charge in [0, 0.05) is 32.6 Å². The zero-order valence-corrected chi connectivity index (χ0v) is 18.7. The van der Waals surface area contributed by atoms with Gasteiger partial charge in [0.25, 0.3) is 0 Å². The van der Waals surface area contributed by atoms with Gasteiger partial charge in [0.05, 0.1) is 5.54 Å². The molecule has 1 saturated heterocycles. The van der Waals surface area contributed by atoms with E-state index in [-0.39, 0.29) is 11.8 Å². The van der Waals surface area contributed by atoms with Crippen LogP contribution < -0.4 is 10.6 Å². The van der Waals surface area contributed by atoms with E-state index >= 15 is 0 Å². The van der Waals surface area contributed by atoms with E-state index in [4.69, 9.17) is 4.74 Å². The minimum absolute atomic E-state index is 0.0169. The van der Waals surface area contributed by atoms with Crippen molar-refractivity contribution in [1.82, 2.24) is 10.6 Å². The van der Waals surface area contributed by atoms with E-state index in [2.05, 4.69) is 48.7 Å². The van der Waals surface area contributed by atoms with Crippen LogP contribution in [-0.4, -0.2) is 37.1 Å². The summed E-state index contributed by atoms with van der Waals surface area (Å²) >= 11 is 0. The molecule has 0 aliphatic carbocycles. The highest BCUT2D eigenvalue weighted by molar-refractivity contribution is 5.78. The molecular formula is C26H34N2O3. The predicted octanol–water partition coefficient (Wildman–Crippen LogP) is 3.65. The third-order valence-corrected chi connectivity index (χ3v) is 6.24. The lowest BCUT2D eigenvalue weighted by Crippen LogP contribution is -2.58. The van der Waals surface area contributed by atoms with Crippen molar-refractivity contribution in [3.63, 3.8) is 0 Å². The van der Waals surface area contributed by atoms with Crippen LogP contribution in [0.15, 0.2) is 48.5 Å². The molecule has 1 aliphatic rings. The van der Waals surface area contributed by atoms with Crippen LogP contribution in [0.2, 0.25) is 0 Å². The van der Waals surface area contributed by atoms with Gasteiger partial charge in [-0.05, 0) is 61.8 Å². The standard InChI is InChI=1S/C26H34N2O3/c1-20-7-3-5-9-22(20)11-13-24(29)27-19-26(15-17-31-18-16-26)28-25(30)14-12-23-10-6-4-8-21(23)2/h3-10H,11-19H2,1-2H3,(H,27,29)(H,28,30). The number of rotatable bonds is 9. The minimum Gasteiger partial charge on any atom is -0.381 e. The highest BCUT2D eigenvalue weighted by Crippen LogP contribution is 2.21. The summed E-state index contributed by atoms with van der Waals surface area (Å²) in [6.45, 7) is 5.77. The van der Waals surface area contributed by atoms with Crippen molar-refractivity contribution < 1.29 is 14.3 Å². The van der Waals surface area contributed by atoms with E-state index in [0.29, 0.717) is 51.9 Å². The molecule has 166 valence electrons. The van der Waals surface area contributed by atoms with Crippen molar-refractivity contribution in [1.29, 1.82) is 0 Å². The summed E-state index contributed by atoms with van der Waals surface area (Å²) in [6, 6.07) is 16.3. The summed E-state index contributed by atoms with van der Waals surface area (Å²) in [4.78, 5) is 25.2. The van der Waals surface area contributed by atoms with E-state index in [9.17, 15) is 9.59 Å². The molecule has 3 rings (SSSR count). The maximum Gasteiger partial charge on any atom is 0.220 e. The number of aryl methyl sites for hydroxylation is 4. The first kappa shape index (κ1) is 23.0. The lowest BCUT2D eigenvalue weighted by atomic mass is 9.89. The highest BCUT2D eigenvalue weighted by atomic mass is 16.5. The fourth-order valence-corrected chi connectivity index (χ4v) is 4.10. The molecule has 31 heavy (non-hydrogen) atoms. The number of carbonyl (C=O) groups is 2. The quantitative estimate of drug-likeness (QED) is 0.648. The second-order valence-corrected chi connectivity index (χ2v) is 8.57. The molecule has 0 saturated carbocycles. The molecule has 0 unspecified atom stereocenters. The average Bonchev–Trinajstić information content (AvgIpc) is 2.77. The van der Waals surface area contributed by atoms with Crippen LogP contribution in [0.1, 0.15) is 47.9 Å². The maximum absolute atomic E-state index is 12.7. The summed E-state index contributed by atoms with van der Waals surface area (Å²) in [7, 11) is 0. The molecule has 2 N–H and O–H groups in total. The largest absolute Gasteiger partial charge is 0.381 e. The first-order chi connectivity index (χ1) is 15.0. The van der Waals surface area contributed by atoms with Gasteiger partial charge >= 0.3 is 0 Å². The SMILES string of the molecule is Cc1ccccc1CCC(=O)NCC1(NC(=O)CCc2ccccc2C)CCOCC1. The van der Waals surface area contributed by atoms with Gasteiger partial charge in [-0.2, -0.15) is 0 Å². The lowest BCUT2D eigenvalue weighted by Gasteiger charge is -2.38. The summed E-state index contributed by atoms with van der Waals surface area (Å²) in [5, 5.41) is 6.29. The van der Waals surface area contributed by atoms with Crippen LogP contribution >= 0.6 is 0 Å². The predicted molar refractivity (Wildman–Crippen MR) is 123 cm³/mol. The van der Waals surface area contributed by atoms with Gasteiger partial charge in [-0.15, -0.1) is 0 Å². The Morgan fingerprint density at radius 2 is 1.35 bits per heavy atom. The number of ether oxygens (including phenoxy) is 1. The van der Waals surface area contributed by atoms with E-state index in [1.54, 1.807) is 0 Å². The minimum atomic E-state index is -0.431. The third-order valence-electron chi connectivity index (χ3n) is 6.24. The summed E-state index contributed by atoms with van der Waals surface area (Å²) in [5.74, 6) is 0.0441. The molecule has 0 spiro atoms. The first-order valence-corrected chi connectivity index (χ1v) is 11.2. The first-order valence-electron chi connectivity index (χ1n) is 11.2. The lowest BCUT2D eigenvalue weighted by molar-refractivity contribution is -0.126. The molecule has 0 bridgehead atoms. The number of hydrogen-bond donors (Lipinski definition) is 2. The second-order valence-electron chi connectivity index (χ2n) is 8.57. The Kier molecular flexibility index (Phi) is 8.24. The molecule has 2 amide bonds. The van der Waals surface area contributed by atoms with E-state index in [1.807, 2.05) is 24.3 Å². The van der Waals surface area contributed by atoms with Gasteiger partial charge in [-0.1, -0.05) is 48.5 Å². The van der Waals surface area contributed by atoms with Crippen LogP contribution in [-0.2, 0) is 27.2 Å². The van der Waals surface area contributed by atoms with Gasteiger partial charge in [0.2, 0.25) is 11.8 Å². The molecule has 0 radical (unpaired) electrons. The third kappa shape index (κ3) is 6.93. The van der Waals surface area contributed by atoms with Crippen molar-refractivity contribution in [2.45, 2.75) is 57.9 Å². The molecular weight excluding hydrogens is 388 g/mol. The van der Waals surface area contributed by atoms with Gasteiger partial charge in [-0.3, -0.25) is 9.59 Å². The molecule has 1 aliphatic heterocycles. The van der Waals surface area contributed by atoms with Crippen molar-refractivity contribution in [2.75, 3.05) is 19.8 Å². The number of nitrogens with one attached hydrogen (secondary N) is 2. The number of benzene rings is 2. The number of carbonyl (C=O) groups excluding carboxylic acids is 2.